The first-order valence-corrected chi connectivity index (χ1v) is 7.29. The molecule has 0 saturated carbocycles. The minimum absolute atomic E-state index is 0.0550. The Kier molecular flexibility index (Phi) is 4.74. The molecule has 1 saturated heterocycles. The lowest BCUT2D eigenvalue weighted by molar-refractivity contribution is -0.143. The number of ether oxygens (including phenoxy) is 1. The summed E-state index contributed by atoms with van der Waals surface area (Å²) in [7, 11) is 0. The molecule has 1 aliphatic rings. The summed E-state index contributed by atoms with van der Waals surface area (Å²) in [4.78, 5) is 15.4. The van der Waals surface area contributed by atoms with Gasteiger partial charge in [-0.2, -0.15) is 0 Å². The molecule has 0 aliphatic carbocycles. The third-order valence-corrected chi connectivity index (χ3v) is 4.13. The monoisotopic (exact) mass is 268 g/mol. The van der Waals surface area contributed by atoms with Crippen LogP contribution >= 0.6 is 11.3 Å². The standard InChI is InChI=1S/C13H20N2O2S/c1-2-15(9-11-4-3-7-18-11)13(16)12-6-5-10(8-14)17-12/h3-4,7,10,12H,2,5-6,8-9,14H2,1H3/t10-,12+/m1/s1. The van der Waals surface area contributed by atoms with Crippen molar-refractivity contribution in [1.29, 1.82) is 0 Å². The Balaban J connectivity index is 1.93. The van der Waals surface area contributed by atoms with Crippen LogP contribution in [0.25, 0.3) is 0 Å². The minimum atomic E-state index is -0.293. The first-order valence-electron chi connectivity index (χ1n) is 6.41. The van der Waals surface area contributed by atoms with E-state index in [9.17, 15) is 4.79 Å². The molecule has 2 N–H and O–H groups in total. The lowest BCUT2D eigenvalue weighted by Gasteiger charge is -2.23. The second-order valence-electron chi connectivity index (χ2n) is 4.49. The van der Waals surface area contributed by atoms with Crippen molar-refractivity contribution in [2.24, 2.45) is 5.73 Å². The molecular weight excluding hydrogens is 248 g/mol. The highest BCUT2D eigenvalue weighted by molar-refractivity contribution is 7.09. The largest absolute Gasteiger partial charge is 0.364 e. The second kappa shape index (κ2) is 6.31. The zero-order valence-corrected chi connectivity index (χ0v) is 11.5. The van der Waals surface area contributed by atoms with E-state index in [4.69, 9.17) is 10.5 Å². The highest BCUT2D eigenvalue weighted by Crippen LogP contribution is 2.22. The van der Waals surface area contributed by atoms with Gasteiger partial charge in [-0.05, 0) is 31.2 Å². The molecule has 5 heteroatoms. The van der Waals surface area contributed by atoms with Gasteiger partial charge in [0.2, 0.25) is 0 Å². The van der Waals surface area contributed by atoms with Gasteiger partial charge in [0.1, 0.15) is 6.10 Å². The molecule has 1 aromatic heterocycles. The van der Waals surface area contributed by atoms with E-state index < -0.39 is 0 Å². The molecule has 1 amide bonds. The summed E-state index contributed by atoms with van der Waals surface area (Å²) in [6.45, 7) is 3.89. The van der Waals surface area contributed by atoms with Crippen molar-refractivity contribution in [2.45, 2.75) is 38.5 Å². The number of carbonyl (C=O) groups excluding carboxylic acids is 1. The number of thiophene rings is 1. The number of nitrogens with zero attached hydrogens (tertiary/aromatic N) is 1. The van der Waals surface area contributed by atoms with E-state index >= 15 is 0 Å². The number of nitrogens with two attached hydrogens (primary N) is 1. The Labute approximate surface area is 112 Å². The third-order valence-electron chi connectivity index (χ3n) is 3.27. The first-order chi connectivity index (χ1) is 8.74. The van der Waals surface area contributed by atoms with E-state index in [-0.39, 0.29) is 18.1 Å². The Morgan fingerprint density at radius 2 is 2.44 bits per heavy atom. The van der Waals surface area contributed by atoms with E-state index in [1.807, 2.05) is 23.3 Å². The third kappa shape index (κ3) is 3.10. The highest BCUT2D eigenvalue weighted by atomic mass is 32.1. The zero-order valence-electron chi connectivity index (χ0n) is 10.7. The lowest BCUT2D eigenvalue weighted by atomic mass is 10.2. The molecule has 0 aromatic carbocycles. The quantitative estimate of drug-likeness (QED) is 0.882. The van der Waals surface area contributed by atoms with Crippen molar-refractivity contribution in [3.63, 3.8) is 0 Å². The van der Waals surface area contributed by atoms with E-state index in [1.165, 1.54) is 4.88 Å². The van der Waals surface area contributed by atoms with Crippen molar-refractivity contribution in [3.05, 3.63) is 22.4 Å². The Bertz CT molecular complexity index is 380. The zero-order chi connectivity index (χ0) is 13.0. The van der Waals surface area contributed by atoms with E-state index in [2.05, 4.69) is 6.07 Å². The molecule has 100 valence electrons. The van der Waals surface area contributed by atoms with Gasteiger partial charge in [-0.1, -0.05) is 6.07 Å². The fourth-order valence-electron chi connectivity index (χ4n) is 2.20. The van der Waals surface area contributed by atoms with Crippen LogP contribution in [-0.4, -0.2) is 36.1 Å². The van der Waals surface area contributed by atoms with Gasteiger partial charge < -0.3 is 15.4 Å². The SMILES string of the molecule is CCN(Cc1cccs1)C(=O)[C@@H]1CC[C@H](CN)O1. The van der Waals surface area contributed by atoms with Gasteiger partial charge in [0.05, 0.1) is 12.6 Å². The topological polar surface area (TPSA) is 55.6 Å². The maximum atomic E-state index is 12.3. The molecule has 2 atom stereocenters. The fraction of sp³-hybridized carbons (Fsp3) is 0.615. The molecule has 2 rings (SSSR count). The van der Waals surface area contributed by atoms with Gasteiger partial charge in [-0.3, -0.25) is 4.79 Å². The van der Waals surface area contributed by atoms with Gasteiger partial charge in [-0.25, -0.2) is 0 Å². The summed E-state index contributed by atoms with van der Waals surface area (Å²) in [5.74, 6) is 0.0989. The van der Waals surface area contributed by atoms with Crippen LogP contribution < -0.4 is 5.73 Å². The second-order valence-corrected chi connectivity index (χ2v) is 5.52. The van der Waals surface area contributed by atoms with Crippen molar-refractivity contribution in [1.82, 2.24) is 4.90 Å². The smallest absolute Gasteiger partial charge is 0.252 e. The van der Waals surface area contributed by atoms with Crippen LogP contribution in [0, 0.1) is 0 Å². The average molecular weight is 268 g/mol. The van der Waals surface area contributed by atoms with Gasteiger partial charge in [-0.15, -0.1) is 11.3 Å². The van der Waals surface area contributed by atoms with Crippen LogP contribution in [-0.2, 0) is 16.1 Å². The summed E-state index contributed by atoms with van der Waals surface area (Å²) in [6, 6.07) is 4.06. The summed E-state index contributed by atoms with van der Waals surface area (Å²) in [5, 5.41) is 2.03. The summed E-state index contributed by atoms with van der Waals surface area (Å²) in [5.41, 5.74) is 5.57. The molecule has 0 radical (unpaired) electrons. The number of rotatable bonds is 5. The molecule has 1 aliphatic heterocycles. The Morgan fingerprint density at radius 3 is 3.00 bits per heavy atom. The number of carbonyl (C=O) groups is 1. The summed E-state index contributed by atoms with van der Waals surface area (Å²) < 4.78 is 5.66. The van der Waals surface area contributed by atoms with Crippen LogP contribution in [0.1, 0.15) is 24.6 Å². The van der Waals surface area contributed by atoms with E-state index in [1.54, 1.807) is 11.3 Å². The molecule has 0 spiro atoms. The van der Waals surface area contributed by atoms with Crippen LogP contribution in [0.15, 0.2) is 17.5 Å². The van der Waals surface area contributed by atoms with Crippen molar-refractivity contribution >= 4 is 17.2 Å². The molecule has 4 nitrogen and oxygen atoms in total. The average Bonchev–Trinajstić information content (AvgIpc) is 3.06. The molecule has 0 bridgehead atoms. The number of amides is 1. The number of hydrogen-bond acceptors (Lipinski definition) is 4. The van der Waals surface area contributed by atoms with Crippen molar-refractivity contribution < 1.29 is 9.53 Å². The predicted molar refractivity (Wildman–Crippen MR) is 72.4 cm³/mol. The highest BCUT2D eigenvalue weighted by Gasteiger charge is 2.32. The van der Waals surface area contributed by atoms with Crippen LogP contribution in [0.5, 0.6) is 0 Å². The fourth-order valence-corrected chi connectivity index (χ4v) is 2.92. The van der Waals surface area contributed by atoms with Gasteiger partial charge >= 0.3 is 0 Å². The van der Waals surface area contributed by atoms with E-state index in [0.29, 0.717) is 19.6 Å². The minimum Gasteiger partial charge on any atom is -0.364 e. The molecule has 2 heterocycles. The van der Waals surface area contributed by atoms with Crippen molar-refractivity contribution in [3.8, 4) is 0 Å². The summed E-state index contributed by atoms with van der Waals surface area (Å²) in [6.07, 6.45) is 1.45. The number of likely N-dealkylation sites (N-methyl/N-ethyl adjacent to an activating group) is 1. The normalized spacial score (nSPS) is 23.2. The molecular formula is C13H20N2O2S. The maximum absolute atomic E-state index is 12.3. The van der Waals surface area contributed by atoms with Crippen molar-refractivity contribution in [2.75, 3.05) is 13.1 Å². The van der Waals surface area contributed by atoms with Crippen LogP contribution in [0.4, 0.5) is 0 Å². The predicted octanol–water partition coefficient (Wildman–Crippen LogP) is 1.60. The summed E-state index contributed by atoms with van der Waals surface area (Å²) >= 11 is 1.68. The maximum Gasteiger partial charge on any atom is 0.252 e. The molecule has 18 heavy (non-hydrogen) atoms. The van der Waals surface area contributed by atoms with Gasteiger partial charge in [0.25, 0.3) is 5.91 Å². The molecule has 0 unspecified atom stereocenters. The Morgan fingerprint density at radius 1 is 1.61 bits per heavy atom. The Hall–Kier alpha value is -0.910. The number of hydrogen-bond donors (Lipinski definition) is 1. The van der Waals surface area contributed by atoms with E-state index in [0.717, 1.165) is 12.8 Å². The molecule has 1 fully saturated rings. The van der Waals surface area contributed by atoms with Crippen LogP contribution in [0.2, 0.25) is 0 Å². The first kappa shape index (κ1) is 13.5. The molecule has 1 aromatic rings. The lowest BCUT2D eigenvalue weighted by Crippen LogP contribution is -2.39. The van der Waals surface area contributed by atoms with Gasteiger partial charge in [0.15, 0.2) is 0 Å². The van der Waals surface area contributed by atoms with Crippen LogP contribution in [0.3, 0.4) is 0 Å². The van der Waals surface area contributed by atoms with Gasteiger partial charge in [0, 0.05) is 18.0 Å².